The van der Waals surface area contributed by atoms with Crippen LogP contribution in [0.3, 0.4) is 0 Å². The minimum atomic E-state index is -0.373. The molecular weight excluding hydrogens is 540 g/mol. The first-order valence-corrected chi connectivity index (χ1v) is 13.5. The molecule has 0 saturated heterocycles. The molecule has 1 aliphatic rings. The molecule has 6 nitrogen and oxygen atoms in total. The van der Waals surface area contributed by atoms with Crippen molar-refractivity contribution in [3.63, 3.8) is 0 Å². The highest BCUT2D eigenvalue weighted by Gasteiger charge is 2.22. The summed E-state index contributed by atoms with van der Waals surface area (Å²) in [5.41, 5.74) is 6.41. The molecule has 5 rings (SSSR count). The molecule has 0 unspecified atom stereocenters. The Balaban J connectivity index is 1.34. The van der Waals surface area contributed by atoms with Crippen LogP contribution in [-0.4, -0.2) is 25.0 Å². The fraction of sp³-hybridized carbons (Fsp3) is 0.161. The summed E-state index contributed by atoms with van der Waals surface area (Å²) in [6, 6.07) is 31.0. The van der Waals surface area contributed by atoms with Crippen molar-refractivity contribution in [1.29, 1.82) is 0 Å². The van der Waals surface area contributed by atoms with Gasteiger partial charge in [0.25, 0.3) is 5.91 Å². The molecule has 7 heteroatoms. The predicted octanol–water partition coefficient (Wildman–Crippen LogP) is 6.63. The average Bonchev–Trinajstić information content (AvgIpc) is 2.94. The first kappa shape index (κ1) is 25.5. The van der Waals surface area contributed by atoms with E-state index >= 15 is 0 Å². The van der Waals surface area contributed by atoms with Crippen molar-refractivity contribution in [2.24, 2.45) is 0 Å². The Morgan fingerprint density at radius 3 is 2.26 bits per heavy atom. The molecule has 0 aliphatic carbocycles. The second-order valence-electron chi connectivity index (χ2n) is 9.25. The van der Waals surface area contributed by atoms with Crippen LogP contribution in [0.2, 0.25) is 0 Å². The summed E-state index contributed by atoms with van der Waals surface area (Å²) in [5, 5.41) is 8.77. The number of hydrogen-bond acceptors (Lipinski definition) is 3. The number of nitrogens with zero attached hydrogens (tertiary/aromatic N) is 1. The van der Waals surface area contributed by atoms with Crippen molar-refractivity contribution in [2.75, 3.05) is 28.6 Å². The summed E-state index contributed by atoms with van der Waals surface area (Å²) in [5.74, 6) is -0.160. The Morgan fingerprint density at radius 1 is 0.789 bits per heavy atom. The van der Waals surface area contributed by atoms with Crippen LogP contribution in [0.4, 0.5) is 21.9 Å². The van der Waals surface area contributed by atoms with Gasteiger partial charge in [0, 0.05) is 41.2 Å². The zero-order valence-corrected chi connectivity index (χ0v) is 22.5. The van der Waals surface area contributed by atoms with E-state index in [1.165, 1.54) is 16.7 Å². The summed E-state index contributed by atoms with van der Waals surface area (Å²) in [4.78, 5) is 28.3. The molecule has 0 bridgehead atoms. The van der Waals surface area contributed by atoms with Gasteiger partial charge < -0.3 is 20.9 Å². The third-order valence-corrected chi connectivity index (χ3v) is 7.14. The lowest BCUT2D eigenvalue weighted by Crippen LogP contribution is -2.33. The molecule has 3 N–H and O–H groups in total. The third-order valence-electron chi connectivity index (χ3n) is 6.61. The molecule has 1 aliphatic heterocycles. The van der Waals surface area contributed by atoms with Crippen LogP contribution >= 0.6 is 15.9 Å². The normalized spacial score (nSPS) is 12.4. The highest BCUT2D eigenvalue weighted by molar-refractivity contribution is 9.10. The molecular formula is C31H29BrN4O2. The van der Waals surface area contributed by atoms with Gasteiger partial charge in [0.1, 0.15) is 0 Å². The lowest BCUT2D eigenvalue weighted by Gasteiger charge is -2.32. The molecule has 0 atom stereocenters. The number of anilines is 3. The fourth-order valence-electron chi connectivity index (χ4n) is 4.66. The van der Waals surface area contributed by atoms with E-state index in [4.69, 9.17) is 0 Å². The Kier molecular flexibility index (Phi) is 8.04. The van der Waals surface area contributed by atoms with Crippen molar-refractivity contribution in [1.82, 2.24) is 5.32 Å². The van der Waals surface area contributed by atoms with Gasteiger partial charge in [0.05, 0.1) is 5.56 Å². The van der Waals surface area contributed by atoms with Crippen LogP contribution in [0.1, 0.15) is 27.0 Å². The molecule has 3 amide bonds. The number of urea groups is 1. The van der Waals surface area contributed by atoms with E-state index in [0.29, 0.717) is 23.5 Å². The Morgan fingerprint density at radius 2 is 1.47 bits per heavy atom. The van der Waals surface area contributed by atoms with Gasteiger partial charge in [-0.2, -0.15) is 0 Å². The second kappa shape index (κ2) is 12.0. The van der Waals surface area contributed by atoms with E-state index in [1.807, 2.05) is 54.6 Å². The number of carbonyl (C=O) groups is 2. The number of hydrogen-bond donors (Lipinski definition) is 3. The lowest BCUT2D eigenvalue weighted by molar-refractivity contribution is 0.0954. The van der Waals surface area contributed by atoms with E-state index < -0.39 is 0 Å². The summed E-state index contributed by atoms with van der Waals surface area (Å²) in [6.07, 6.45) is 1.66. The van der Waals surface area contributed by atoms with Gasteiger partial charge in [0.2, 0.25) is 0 Å². The Hall–Kier alpha value is -4.10. The maximum absolute atomic E-state index is 13.4. The summed E-state index contributed by atoms with van der Waals surface area (Å²) < 4.78 is 0.933. The van der Waals surface area contributed by atoms with Crippen LogP contribution in [0, 0.1) is 0 Å². The van der Waals surface area contributed by atoms with E-state index in [0.717, 1.165) is 36.1 Å². The molecule has 0 aromatic heterocycles. The monoisotopic (exact) mass is 568 g/mol. The van der Waals surface area contributed by atoms with Gasteiger partial charge in [-0.05, 0) is 72.0 Å². The molecule has 4 aromatic rings. The van der Waals surface area contributed by atoms with Crippen molar-refractivity contribution in [3.8, 4) is 0 Å². The average molecular weight is 570 g/mol. The highest BCUT2D eigenvalue weighted by Crippen LogP contribution is 2.30. The summed E-state index contributed by atoms with van der Waals surface area (Å²) in [6.45, 7) is 2.07. The number of halogens is 1. The van der Waals surface area contributed by atoms with E-state index in [1.54, 1.807) is 6.07 Å². The molecule has 192 valence electrons. The van der Waals surface area contributed by atoms with Crippen LogP contribution in [0.5, 0.6) is 0 Å². The first-order chi connectivity index (χ1) is 18.5. The van der Waals surface area contributed by atoms with E-state index in [2.05, 4.69) is 73.2 Å². The predicted molar refractivity (Wildman–Crippen MR) is 157 cm³/mol. The first-order valence-electron chi connectivity index (χ1n) is 12.7. The molecule has 0 radical (unpaired) electrons. The Labute approximate surface area is 231 Å². The molecule has 0 spiro atoms. The smallest absolute Gasteiger partial charge is 0.323 e. The third kappa shape index (κ3) is 6.42. The lowest BCUT2D eigenvalue weighted by atomic mass is 9.98. The van der Waals surface area contributed by atoms with Gasteiger partial charge in [-0.25, -0.2) is 4.79 Å². The zero-order valence-electron chi connectivity index (χ0n) is 20.9. The van der Waals surface area contributed by atoms with Crippen molar-refractivity contribution in [2.45, 2.75) is 19.4 Å². The zero-order chi connectivity index (χ0) is 26.3. The standard InChI is InChI=1S/C31H29BrN4O2/c32-25-10-12-26(13-11-25)34-31(38)35-27-14-15-29(36-19-17-23-8-4-5-9-24(23)21-36)28(20-27)30(37)33-18-16-22-6-2-1-3-7-22/h1-15,20H,16-19,21H2,(H,33,37)(H2,34,35,38). The van der Waals surface area contributed by atoms with Crippen molar-refractivity contribution >= 4 is 44.9 Å². The minimum absolute atomic E-state index is 0.160. The number of fused-ring (bicyclic) bond motifs is 1. The SMILES string of the molecule is O=C(Nc1ccc(Br)cc1)Nc1ccc(N2CCc3ccccc3C2)c(C(=O)NCCc2ccccc2)c1. The molecule has 0 fully saturated rings. The number of benzene rings is 4. The highest BCUT2D eigenvalue weighted by atomic mass is 79.9. The van der Waals surface area contributed by atoms with Crippen molar-refractivity contribution in [3.05, 3.63) is 124 Å². The fourth-order valence-corrected chi connectivity index (χ4v) is 4.92. The van der Waals surface area contributed by atoms with Gasteiger partial charge >= 0.3 is 6.03 Å². The largest absolute Gasteiger partial charge is 0.366 e. The number of nitrogens with one attached hydrogen (secondary N) is 3. The minimum Gasteiger partial charge on any atom is -0.366 e. The molecule has 4 aromatic carbocycles. The van der Waals surface area contributed by atoms with Gasteiger partial charge in [-0.3, -0.25) is 4.79 Å². The van der Waals surface area contributed by atoms with Crippen LogP contribution in [0.15, 0.2) is 102 Å². The maximum Gasteiger partial charge on any atom is 0.323 e. The number of carbonyl (C=O) groups excluding carboxylic acids is 2. The molecule has 0 saturated carbocycles. The summed E-state index contributed by atoms with van der Waals surface area (Å²) >= 11 is 3.40. The van der Waals surface area contributed by atoms with Crippen LogP contribution in [0.25, 0.3) is 0 Å². The summed E-state index contributed by atoms with van der Waals surface area (Å²) in [7, 11) is 0. The number of rotatable bonds is 7. The van der Waals surface area contributed by atoms with Gasteiger partial charge in [-0.15, -0.1) is 0 Å². The van der Waals surface area contributed by atoms with Crippen LogP contribution < -0.4 is 20.9 Å². The van der Waals surface area contributed by atoms with Gasteiger partial charge in [0.15, 0.2) is 0 Å². The van der Waals surface area contributed by atoms with E-state index in [-0.39, 0.29) is 11.9 Å². The van der Waals surface area contributed by atoms with Gasteiger partial charge in [-0.1, -0.05) is 70.5 Å². The second-order valence-corrected chi connectivity index (χ2v) is 10.2. The topological polar surface area (TPSA) is 73.5 Å². The van der Waals surface area contributed by atoms with Crippen LogP contribution in [-0.2, 0) is 19.4 Å². The number of amides is 3. The maximum atomic E-state index is 13.4. The quantitative estimate of drug-likeness (QED) is 0.234. The van der Waals surface area contributed by atoms with Crippen molar-refractivity contribution < 1.29 is 9.59 Å². The Bertz CT molecular complexity index is 1420. The molecule has 1 heterocycles. The van der Waals surface area contributed by atoms with E-state index in [9.17, 15) is 9.59 Å². The molecule has 38 heavy (non-hydrogen) atoms.